The van der Waals surface area contributed by atoms with Crippen molar-refractivity contribution in [3.8, 4) is 17.2 Å². The minimum absolute atomic E-state index is 0.0125. The van der Waals surface area contributed by atoms with E-state index in [0.717, 1.165) is 0 Å². The number of ether oxygens (including phenoxy) is 2. The summed E-state index contributed by atoms with van der Waals surface area (Å²) < 4.78 is 9.88. The molecule has 124 valence electrons. The topological polar surface area (TPSA) is 95.9 Å². The van der Waals surface area contributed by atoms with Gasteiger partial charge in [0, 0.05) is 5.56 Å². The molecule has 0 saturated carbocycles. The Morgan fingerprint density at radius 2 is 1.88 bits per heavy atom. The van der Waals surface area contributed by atoms with Crippen LogP contribution in [0.3, 0.4) is 0 Å². The summed E-state index contributed by atoms with van der Waals surface area (Å²) in [5.41, 5.74) is 1.07. The second-order valence-electron chi connectivity index (χ2n) is 4.81. The van der Waals surface area contributed by atoms with E-state index < -0.39 is 12.6 Å². The van der Waals surface area contributed by atoms with Gasteiger partial charge in [0.25, 0.3) is 0 Å². The maximum absolute atomic E-state index is 12.1. The molecular formula is C18H15O6-. The molecule has 0 aromatic heterocycles. The lowest BCUT2D eigenvalue weighted by Gasteiger charge is -2.06. The van der Waals surface area contributed by atoms with Crippen LogP contribution in [0.25, 0.3) is 6.08 Å². The Morgan fingerprint density at radius 3 is 2.46 bits per heavy atom. The molecule has 0 spiro atoms. The first-order valence-corrected chi connectivity index (χ1v) is 7.01. The van der Waals surface area contributed by atoms with Crippen LogP contribution in [0.1, 0.15) is 15.9 Å². The van der Waals surface area contributed by atoms with Crippen LogP contribution in [-0.4, -0.2) is 30.6 Å². The number of methoxy groups -OCH3 is 1. The number of phenolic OH excluding ortho intramolecular Hbond substituents is 1. The largest absolute Gasteiger partial charge is 0.546 e. The number of phenols is 1. The second-order valence-corrected chi connectivity index (χ2v) is 4.81. The average Bonchev–Trinajstić information content (AvgIpc) is 2.58. The normalized spacial score (nSPS) is 10.5. The van der Waals surface area contributed by atoms with Crippen molar-refractivity contribution < 1.29 is 29.3 Å². The van der Waals surface area contributed by atoms with Crippen molar-refractivity contribution in [3.63, 3.8) is 0 Å². The average molecular weight is 327 g/mol. The van der Waals surface area contributed by atoms with Crippen LogP contribution >= 0.6 is 0 Å². The van der Waals surface area contributed by atoms with Crippen molar-refractivity contribution >= 4 is 17.8 Å². The van der Waals surface area contributed by atoms with Gasteiger partial charge in [-0.1, -0.05) is 12.1 Å². The number of ketones is 1. The van der Waals surface area contributed by atoms with Crippen molar-refractivity contribution in [1.29, 1.82) is 0 Å². The Kier molecular flexibility index (Phi) is 5.57. The highest BCUT2D eigenvalue weighted by Crippen LogP contribution is 2.26. The Morgan fingerprint density at radius 1 is 1.17 bits per heavy atom. The standard InChI is InChI=1S/C18H16O6/c1-23-17-9-3-12(10-16(17)20)2-8-15(19)13-4-6-14(7-5-13)24-11-18(21)22/h2-10,20H,11H2,1H3,(H,21,22)/p-1/b8-2+. The summed E-state index contributed by atoms with van der Waals surface area (Å²) in [4.78, 5) is 22.4. The molecule has 0 radical (unpaired) electrons. The lowest BCUT2D eigenvalue weighted by molar-refractivity contribution is -0.307. The zero-order valence-electron chi connectivity index (χ0n) is 12.9. The third-order valence-corrected chi connectivity index (χ3v) is 3.13. The second kappa shape index (κ2) is 7.82. The highest BCUT2D eigenvalue weighted by molar-refractivity contribution is 6.06. The minimum atomic E-state index is -1.32. The number of hydrogen-bond donors (Lipinski definition) is 1. The molecule has 6 nitrogen and oxygen atoms in total. The number of carbonyl (C=O) groups excluding carboxylic acids is 2. The number of hydrogen-bond acceptors (Lipinski definition) is 6. The van der Waals surface area contributed by atoms with Crippen molar-refractivity contribution in [2.45, 2.75) is 0 Å². The fraction of sp³-hybridized carbons (Fsp3) is 0.111. The molecule has 0 aliphatic rings. The van der Waals surface area contributed by atoms with E-state index in [1.54, 1.807) is 18.2 Å². The lowest BCUT2D eigenvalue weighted by atomic mass is 10.1. The molecule has 0 amide bonds. The van der Waals surface area contributed by atoms with Crippen molar-refractivity contribution in [1.82, 2.24) is 0 Å². The molecule has 0 atom stereocenters. The smallest absolute Gasteiger partial charge is 0.185 e. The molecule has 0 aliphatic carbocycles. The van der Waals surface area contributed by atoms with Crippen LogP contribution in [0.5, 0.6) is 17.2 Å². The maximum atomic E-state index is 12.1. The Bertz CT molecular complexity index is 762. The van der Waals surface area contributed by atoms with E-state index in [9.17, 15) is 19.8 Å². The number of rotatable bonds is 7. The van der Waals surface area contributed by atoms with Gasteiger partial charge in [-0.2, -0.15) is 0 Å². The highest BCUT2D eigenvalue weighted by atomic mass is 16.5. The molecule has 2 rings (SSSR count). The third-order valence-electron chi connectivity index (χ3n) is 3.13. The van der Waals surface area contributed by atoms with Gasteiger partial charge in [-0.25, -0.2) is 0 Å². The van der Waals surface area contributed by atoms with E-state index in [4.69, 9.17) is 9.47 Å². The number of aromatic hydroxyl groups is 1. The predicted molar refractivity (Wildman–Crippen MR) is 85.0 cm³/mol. The molecule has 0 aliphatic heterocycles. The third kappa shape index (κ3) is 4.61. The minimum Gasteiger partial charge on any atom is -0.546 e. The first-order valence-electron chi connectivity index (χ1n) is 7.01. The maximum Gasteiger partial charge on any atom is 0.185 e. The fourth-order valence-corrected chi connectivity index (χ4v) is 1.94. The molecule has 0 bridgehead atoms. The van der Waals surface area contributed by atoms with E-state index in [2.05, 4.69) is 0 Å². The molecule has 0 saturated heterocycles. The van der Waals surface area contributed by atoms with Crippen LogP contribution < -0.4 is 14.6 Å². The summed E-state index contributed by atoms with van der Waals surface area (Å²) in [7, 11) is 1.45. The molecule has 1 N–H and O–H groups in total. The van der Waals surface area contributed by atoms with Gasteiger partial charge in [-0.15, -0.1) is 0 Å². The number of aliphatic carboxylic acids is 1. The van der Waals surface area contributed by atoms with Gasteiger partial charge in [-0.3, -0.25) is 4.79 Å². The summed E-state index contributed by atoms with van der Waals surface area (Å²) in [6.45, 7) is -0.547. The van der Waals surface area contributed by atoms with E-state index in [0.29, 0.717) is 22.6 Å². The van der Waals surface area contributed by atoms with E-state index in [-0.39, 0.29) is 11.5 Å². The van der Waals surface area contributed by atoms with Crippen LogP contribution in [0.4, 0.5) is 0 Å². The van der Waals surface area contributed by atoms with Crippen molar-refractivity contribution in [2.24, 2.45) is 0 Å². The van der Waals surface area contributed by atoms with E-state index in [1.165, 1.54) is 43.5 Å². The highest BCUT2D eigenvalue weighted by Gasteiger charge is 2.04. The van der Waals surface area contributed by atoms with Crippen molar-refractivity contribution in [3.05, 3.63) is 59.7 Å². The van der Waals surface area contributed by atoms with Crippen LogP contribution in [0.15, 0.2) is 48.5 Å². The van der Waals surface area contributed by atoms with Crippen LogP contribution in [0.2, 0.25) is 0 Å². The number of carbonyl (C=O) groups is 2. The summed E-state index contributed by atoms with van der Waals surface area (Å²) in [5, 5.41) is 20.0. The number of carboxylic acids is 1. The summed E-state index contributed by atoms with van der Waals surface area (Å²) >= 11 is 0. The molecule has 2 aromatic carbocycles. The first kappa shape index (κ1) is 17.1. The SMILES string of the molecule is COc1ccc(/C=C/C(=O)c2ccc(OCC(=O)[O-])cc2)cc1O. The molecule has 24 heavy (non-hydrogen) atoms. The zero-order valence-corrected chi connectivity index (χ0v) is 12.9. The van der Waals surface area contributed by atoms with Gasteiger partial charge in [0.2, 0.25) is 0 Å². The van der Waals surface area contributed by atoms with Gasteiger partial charge in [0.1, 0.15) is 12.4 Å². The zero-order chi connectivity index (χ0) is 17.5. The van der Waals surface area contributed by atoms with E-state index in [1.807, 2.05) is 0 Å². The van der Waals surface area contributed by atoms with Crippen LogP contribution in [0, 0.1) is 0 Å². The van der Waals surface area contributed by atoms with Gasteiger partial charge >= 0.3 is 0 Å². The number of carboxylic acid groups (broad SMARTS) is 1. The van der Waals surface area contributed by atoms with E-state index >= 15 is 0 Å². The van der Waals surface area contributed by atoms with Crippen LogP contribution in [-0.2, 0) is 4.79 Å². The Hall–Kier alpha value is -3.28. The van der Waals surface area contributed by atoms with Gasteiger partial charge in [0.15, 0.2) is 17.3 Å². The predicted octanol–water partition coefficient (Wildman–Crippen LogP) is 1.43. The molecule has 0 heterocycles. The Labute approximate surface area is 138 Å². The van der Waals surface area contributed by atoms with Gasteiger partial charge < -0.3 is 24.5 Å². The summed E-state index contributed by atoms with van der Waals surface area (Å²) in [6.07, 6.45) is 2.94. The number of benzene rings is 2. The molecule has 2 aromatic rings. The quantitative estimate of drug-likeness (QED) is 0.610. The lowest BCUT2D eigenvalue weighted by Crippen LogP contribution is -2.28. The molecule has 0 fully saturated rings. The monoisotopic (exact) mass is 327 g/mol. The fourth-order valence-electron chi connectivity index (χ4n) is 1.94. The van der Waals surface area contributed by atoms with Gasteiger partial charge in [-0.05, 0) is 48.0 Å². The Balaban J connectivity index is 2.03. The molecule has 0 unspecified atom stereocenters. The molecule has 6 heteroatoms. The number of allylic oxidation sites excluding steroid dienone is 1. The first-order chi connectivity index (χ1) is 11.5. The summed E-state index contributed by atoms with van der Waals surface area (Å²) in [5.74, 6) is -0.885. The molecular weight excluding hydrogens is 312 g/mol. The summed E-state index contributed by atoms with van der Waals surface area (Å²) in [6, 6.07) is 10.9. The van der Waals surface area contributed by atoms with Crippen molar-refractivity contribution in [2.75, 3.05) is 13.7 Å². The van der Waals surface area contributed by atoms with Gasteiger partial charge in [0.05, 0.1) is 13.1 Å².